The Hall–Kier alpha value is -10.1. The molecule has 0 aliphatic rings. The van der Waals surface area contributed by atoms with E-state index in [1.807, 2.05) is 71.2 Å². The number of thiophene rings is 2. The van der Waals surface area contributed by atoms with Crippen LogP contribution in [-0.4, -0.2) is 9.97 Å². The number of anilines is 6. The molecule has 4 heterocycles. The number of benzene rings is 13. The predicted molar refractivity (Wildman–Crippen MR) is 338 cm³/mol. The van der Waals surface area contributed by atoms with Crippen LogP contribution >= 0.6 is 22.7 Å². The maximum Gasteiger partial charge on any atom is 0.227 e. The van der Waals surface area contributed by atoms with Crippen LogP contribution in [0, 0.1) is 0 Å². The molecule has 0 amide bonds. The molecule has 8 heteroatoms. The van der Waals surface area contributed by atoms with E-state index in [9.17, 15) is 0 Å². The summed E-state index contributed by atoms with van der Waals surface area (Å²) in [5, 5.41) is 14.8. The number of hydrogen-bond donors (Lipinski definition) is 0. The minimum Gasteiger partial charge on any atom is -0.436 e. The first-order valence-corrected chi connectivity index (χ1v) is 28.4. The second-order valence-corrected chi connectivity index (χ2v) is 22.8. The fraction of sp³-hybridized carbons (Fsp3) is 0. The van der Waals surface area contributed by atoms with Gasteiger partial charge in [0.05, 0.1) is 0 Å². The number of aromatic nitrogens is 2. The van der Waals surface area contributed by atoms with E-state index in [2.05, 4.69) is 216 Å². The van der Waals surface area contributed by atoms with E-state index in [0.717, 1.165) is 67.5 Å². The lowest BCUT2D eigenvalue weighted by Crippen LogP contribution is -2.09. The first-order chi connectivity index (χ1) is 39.5. The van der Waals surface area contributed by atoms with Crippen molar-refractivity contribution in [2.45, 2.75) is 0 Å². The van der Waals surface area contributed by atoms with Gasteiger partial charge in [0.2, 0.25) is 11.8 Å². The van der Waals surface area contributed by atoms with Crippen LogP contribution in [0.5, 0.6) is 0 Å². The van der Waals surface area contributed by atoms with Crippen LogP contribution < -0.4 is 9.80 Å². The van der Waals surface area contributed by atoms with Gasteiger partial charge in [0.15, 0.2) is 11.2 Å². The molecule has 17 rings (SSSR count). The number of nitrogens with zero attached hydrogens (tertiary/aromatic N) is 4. The van der Waals surface area contributed by atoms with Crippen molar-refractivity contribution >= 4 is 162 Å². The van der Waals surface area contributed by atoms with Crippen LogP contribution in [0.1, 0.15) is 0 Å². The Morgan fingerprint density at radius 3 is 1.02 bits per heavy atom. The van der Waals surface area contributed by atoms with Gasteiger partial charge in [0, 0.05) is 85.6 Å². The molecule has 0 N–H and O–H groups in total. The first kappa shape index (κ1) is 45.0. The van der Waals surface area contributed by atoms with Crippen molar-refractivity contribution in [1.29, 1.82) is 0 Å². The van der Waals surface area contributed by atoms with Crippen LogP contribution in [0.3, 0.4) is 0 Å². The Labute approximate surface area is 465 Å². The Kier molecular flexibility index (Phi) is 9.95. The summed E-state index contributed by atoms with van der Waals surface area (Å²) in [4.78, 5) is 14.3. The van der Waals surface area contributed by atoms with Gasteiger partial charge >= 0.3 is 0 Å². The van der Waals surface area contributed by atoms with Gasteiger partial charge in [0.25, 0.3) is 0 Å². The number of oxazole rings is 2. The van der Waals surface area contributed by atoms with Gasteiger partial charge in [-0.15, -0.1) is 22.7 Å². The topological polar surface area (TPSA) is 58.5 Å². The largest absolute Gasteiger partial charge is 0.436 e. The molecule has 0 saturated heterocycles. The van der Waals surface area contributed by atoms with E-state index in [1.54, 1.807) is 0 Å². The molecule has 0 saturated carbocycles. The number of para-hydroxylation sites is 4. The van der Waals surface area contributed by atoms with Crippen molar-refractivity contribution in [1.82, 2.24) is 9.97 Å². The van der Waals surface area contributed by atoms with Gasteiger partial charge in [-0.2, -0.15) is 0 Å². The average Bonchev–Trinajstić information content (AvgIpc) is 4.43. The zero-order chi connectivity index (χ0) is 52.4. The second-order valence-electron chi connectivity index (χ2n) is 20.6. The van der Waals surface area contributed by atoms with Crippen LogP contribution in [-0.2, 0) is 0 Å². The summed E-state index contributed by atoms with van der Waals surface area (Å²) in [6.45, 7) is 0. The summed E-state index contributed by atoms with van der Waals surface area (Å²) in [7, 11) is 0. The first-order valence-electron chi connectivity index (χ1n) is 26.7. The molecule has 0 spiro atoms. The molecule has 17 aromatic rings. The van der Waals surface area contributed by atoms with E-state index in [1.165, 1.54) is 83.4 Å². The van der Waals surface area contributed by atoms with Crippen molar-refractivity contribution < 1.29 is 8.83 Å². The normalized spacial score (nSPS) is 12.0. The fourth-order valence-corrected chi connectivity index (χ4v) is 14.1. The van der Waals surface area contributed by atoms with Gasteiger partial charge in [-0.3, -0.25) is 0 Å². The maximum atomic E-state index is 6.19. The van der Waals surface area contributed by atoms with Crippen molar-refractivity contribution in [2.75, 3.05) is 9.80 Å². The third-order valence-electron chi connectivity index (χ3n) is 15.8. The monoisotopic (exact) mass is 1060 g/mol. The van der Waals surface area contributed by atoms with Crippen molar-refractivity contribution in [3.8, 4) is 22.9 Å². The zero-order valence-electron chi connectivity index (χ0n) is 42.7. The summed E-state index contributed by atoms with van der Waals surface area (Å²) in [6, 6.07) is 91.7. The third-order valence-corrected chi connectivity index (χ3v) is 18.0. The van der Waals surface area contributed by atoms with Crippen LogP contribution in [0.4, 0.5) is 34.1 Å². The molecule has 6 nitrogen and oxygen atoms in total. The van der Waals surface area contributed by atoms with Crippen LogP contribution in [0.2, 0.25) is 0 Å². The minimum absolute atomic E-state index is 0.610. The Bertz CT molecular complexity index is 4940. The smallest absolute Gasteiger partial charge is 0.227 e. The lowest BCUT2D eigenvalue weighted by Gasteiger charge is -2.26. The summed E-state index contributed by atoms with van der Waals surface area (Å²) in [5.74, 6) is 1.22. The molecular weight excluding hydrogens is 1020 g/mol. The molecule has 0 bridgehead atoms. The fourth-order valence-electron chi connectivity index (χ4n) is 11.8. The van der Waals surface area contributed by atoms with Gasteiger partial charge in [-0.1, -0.05) is 97.1 Å². The molecule has 0 radical (unpaired) electrons. The zero-order valence-corrected chi connectivity index (χ0v) is 44.3. The van der Waals surface area contributed by atoms with Crippen molar-refractivity contribution in [2.24, 2.45) is 0 Å². The molecule has 0 aliphatic carbocycles. The molecule has 0 atom stereocenters. The molecule has 374 valence electrons. The second kappa shape index (κ2) is 17.7. The molecule has 4 aromatic heterocycles. The predicted octanol–water partition coefficient (Wildman–Crippen LogP) is 21.6. The van der Waals surface area contributed by atoms with E-state index in [0.29, 0.717) is 11.8 Å². The molecule has 0 unspecified atom stereocenters. The van der Waals surface area contributed by atoms with Gasteiger partial charge in [0.1, 0.15) is 11.0 Å². The van der Waals surface area contributed by atoms with E-state index in [4.69, 9.17) is 18.8 Å². The van der Waals surface area contributed by atoms with E-state index < -0.39 is 0 Å². The lowest BCUT2D eigenvalue weighted by atomic mass is 10.0. The summed E-state index contributed by atoms with van der Waals surface area (Å²) in [5.41, 5.74) is 11.5. The lowest BCUT2D eigenvalue weighted by molar-refractivity contribution is 0.619. The molecule has 13 aromatic carbocycles. The Morgan fingerprint density at radius 1 is 0.263 bits per heavy atom. The van der Waals surface area contributed by atoms with E-state index in [-0.39, 0.29) is 0 Å². The van der Waals surface area contributed by atoms with Crippen LogP contribution in [0.15, 0.2) is 264 Å². The summed E-state index contributed by atoms with van der Waals surface area (Å²) < 4.78 is 17.4. The maximum absolute atomic E-state index is 6.19. The van der Waals surface area contributed by atoms with E-state index >= 15 is 0 Å². The van der Waals surface area contributed by atoms with Crippen molar-refractivity contribution in [3.05, 3.63) is 255 Å². The third kappa shape index (κ3) is 7.45. The minimum atomic E-state index is 0.610. The summed E-state index contributed by atoms with van der Waals surface area (Å²) >= 11 is 3.72. The number of fused-ring (bicyclic) bond motifs is 12. The molecule has 0 aliphatic heterocycles. The molecule has 0 fully saturated rings. The quantitative estimate of drug-likeness (QED) is 0.141. The number of hydrogen-bond acceptors (Lipinski definition) is 8. The Morgan fingerprint density at radius 2 is 0.600 bits per heavy atom. The average molecular weight is 1060 g/mol. The molecule has 80 heavy (non-hydrogen) atoms. The summed E-state index contributed by atoms with van der Waals surface area (Å²) in [6.07, 6.45) is 0. The molecular formula is C72H42N4O2S2. The highest BCUT2D eigenvalue weighted by Crippen LogP contribution is 2.47. The van der Waals surface area contributed by atoms with Crippen molar-refractivity contribution in [3.63, 3.8) is 0 Å². The van der Waals surface area contributed by atoms with Gasteiger partial charge in [-0.25, -0.2) is 9.97 Å². The highest BCUT2D eigenvalue weighted by Gasteiger charge is 2.21. The Balaban J connectivity index is 0.757. The SMILES string of the molecule is c1ccc2cc3cc(N(c4ccc(-c5nc6ccccc6o5)cc4)c4ccc5c(c4)sc4cc6c(cc45)sc4cc(N(c5ccc(-c7nc8ccccc8o7)cc5)c5ccc7cc8ccccc8cc7c5)ccc46)ccc3cc2c1. The number of rotatable bonds is 8. The van der Waals surface area contributed by atoms with Gasteiger partial charge < -0.3 is 18.6 Å². The highest BCUT2D eigenvalue weighted by molar-refractivity contribution is 7.27. The standard InChI is InChI=1S/C72H42N4O2S2/c1-3-11-47-35-51-37-55(27-21-49(51)33-45(47)9-1)75(53-23-17-43(18-24-53)71-73-63-13-5-7-15-65(63)77-71)57-29-31-59-61-41-70-62(42-69(61)79-67(59)39-57)60-32-30-58(40-68(60)80-70)76(56-28-22-50-34-46-10-2-4-12-48(46)36-52(50)38-56)54-25-19-44(20-26-54)72-74-64-14-6-8-16-66(64)78-72/h1-42H. The van der Waals surface area contributed by atoms with Gasteiger partial charge in [-0.05, 0) is 201 Å². The highest BCUT2D eigenvalue weighted by atomic mass is 32.1. The van der Waals surface area contributed by atoms with Crippen LogP contribution in [0.25, 0.3) is 129 Å².